The second kappa shape index (κ2) is 8.08. The van der Waals surface area contributed by atoms with Crippen LogP contribution >= 0.6 is 0 Å². The van der Waals surface area contributed by atoms with Gasteiger partial charge >= 0.3 is 0 Å². The number of rotatable bonds is 7. The molecule has 0 aromatic heterocycles. The Balaban J connectivity index is 1.59. The van der Waals surface area contributed by atoms with Crippen molar-refractivity contribution in [1.29, 1.82) is 0 Å². The fourth-order valence-corrected chi connectivity index (χ4v) is 4.48. The lowest BCUT2D eigenvalue weighted by Gasteiger charge is -2.24. The van der Waals surface area contributed by atoms with Gasteiger partial charge in [0, 0.05) is 38.2 Å². The molecule has 4 atom stereocenters. The van der Waals surface area contributed by atoms with Gasteiger partial charge in [-0.3, -0.25) is 9.59 Å². The molecule has 26 heavy (non-hydrogen) atoms. The maximum atomic E-state index is 12.4. The highest BCUT2D eigenvalue weighted by atomic mass is 16.5. The van der Waals surface area contributed by atoms with Crippen molar-refractivity contribution in [1.82, 2.24) is 10.2 Å². The topological polar surface area (TPSA) is 67.9 Å². The zero-order valence-corrected chi connectivity index (χ0v) is 15.7. The van der Waals surface area contributed by atoms with E-state index in [9.17, 15) is 9.59 Å². The number of hydrogen-bond acceptors (Lipinski definition) is 4. The van der Waals surface area contributed by atoms with Gasteiger partial charge in [-0.1, -0.05) is 6.92 Å². The van der Waals surface area contributed by atoms with Crippen molar-refractivity contribution in [3.63, 3.8) is 0 Å². The lowest BCUT2D eigenvalue weighted by atomic mass is 9.88. The van der Waals surface area contributed by atoms with Crippen molar-refractivity contribution in [3.8, 4) is 5.75 Å². The summed E-state index contributed by atoms with van der Waals surface area (Å²) >= 11 is 0. The van der Waals surface area contributed by atoms with E-state index in [0.717, 1.165) is 12.2 Å². The first-order valence-corrected chi connectivity index (χ1v) is 9.25. The summed E-state index contributed by atoms with van der Waals surface area (Å²) in [6.45, 7) is 4.07. The van der Waals surface area contributed by atoms with E-state index < -0.39 is 0 Å². The zero-order valence-electron chi connectivity index (χ0n) is 15.7. The minimum atomic E-state index is -0.0798. The number of benzene rings is 1. The third-order valence-corrected chi connectivity index (χ3v) is 5.91. The average Bonchev–Trinajstić information content (AvgIpc) is 3.11. The smallest absolute Gasteiger partial charge is 0.251 e. The second-order valence-electron chi connectivity index (χ2n) is 7.33. The SMILES string of the molecule is COCCN1C(=O)C[C@H]2[C@H](CNC(=O)c3ccc(OC)cc3)[C@@H](C)C[C@H]21. The van der Waals surface area contributed by atoms with E-state index >= 15 is 0 Å². The molecule has 2 aliphatic rings. The first kappa shape index (κ1) is 18.7. The molecule has 1 aromatic carbocycles. The van der Waals surface area contributed by atoms with Gasteiger partial charge in [0.15, 0.2) is 0 Å². The van der Waals surface area contributed by atoms with Crippen molar-refractivity contribution in [3.05, 3.63) is 29.8 Å². The van der Waals surface area contributed by atoms with Gasteiger partial charge in [-0.25, -0.2) is 0 Å². The number of methoxy groups -OCH3 is 2. The molecule has 1 saturated carbocycles. The first-order valence-electron chi connectivity index (χ1n) is 9.25. The molecular formula is C20H28N2O4. The molecule has 1 aliphatic carbocycles. The summed E-state index contributed by atoms with van der Waals surface area (Å²) in [4.78, 5) is 26.7. The van der Waals surface area contributed by atoms with Crippen LogP contribution in [0, 0.1) is 17.8 Å². The predicted molar refractivity (Wildman–Crippen MR) is 98.1 cm³/mol. The van der Waals surface area contributed by atoms with Gasteiger partial charge in [-0.15, -0.1) is 0 Å². The third-order valence-electron chi connectivity index (χ3n) is 5.91. The van der Waals surface area contributed by atoms with Crippen molar-refractivity contribution in [2.75, 3.05) is 33.9 Å². The van der Waals surface area contributed by atoms with Crippen molar-refractivity contribution < 1.29 is 19.1 Å². The molecule has 0 unspecified atom stereocenters. The summed E-state index contributed by atoms with van der Waals surface area (Å²) in [6, 6.07) is 7.38. The Hall–Kier alpha value is -2.08. The number of carbonyl (C=O) groups excluding carboxylic acids is 2. The quantitative estimate of drug-likeness (QED) is 0.807. The monoisotopic (exact) mass is 360 g/mol. The number of fused-ring (bicyclic) bond motifs is 1. The Kier molecular flexibility index (Phi) is 5.81. The molecule has 6 nitrogen and oxygen atoms in total. The van der Waals surface area contributed by atoms with E-state index in [0.29, 0.717) is 49.4 Å². The molecule has 1 saturated heterocycles. The molecule has 3 rings (SSSR count). The van der Waals surface area contributed by atoms with Crippen LogP contribution in [0.4, 0.5) is 0 Å². The van der Waals surface area contributed by atoms with Crippen molar-refractivity contribution in [2.45, 2.75) is 25.8 Å². The molecule has 2 fully saturated rings. The summed E-state index contributed by atoms with van der Waals surface area (Å²) in [5.74, 6) is 2.01. The van der Waals surface area contributed by atoms with E-state index in [4.69, 9.17) is 9.47 Å². The first-order chi connectivity index (χ1) is 12.5. The standard InChI is InChI=1S/C20H28N2O4/c1-13-10-18-16(11-19(23)22(18)8-9-25-2)17(13)12-21-20(24)14-4-6-15(26-3)7-5-14/h4-7,13,16-18H,8-12H2,1-3H3,(H,21,24)/t13-,16-,17+,18+/m0/s1. The minimum absolute atomic E-state index is 0.0798. The van der Waals surface area contributed by atoms with E-state index in [1.54, 1.807) is 38.5 Å². The summed E-state index contributed by atoms with van der Waals surface area (Å²) in [6.07, 6.45) is 1.59. The number of ether oxygens (including phenoxy) is 2. The molecule has 0 radical (unpaired) electrons. The molecule has 0 spiro atoms. The lowest BCUT2D eigenvalue weighted by Crippen LogP contribution is -2.36. The Labute approximate surface area is 154 Å². The van der Waals surface area contributed by atoms with Gasteiger partial charge in [0.05, 0.1) is 13.7 Å². The van der Waals surface area contributed by atoms with E-state index in [1.165, 1.54) is 0 Å². The molecule has 2 amide bonds. The third kappa shape index (κ3) is 3.70. The van der Waals surface area contributed by atoms with E-state index in [-0.39, 0.29) is 17.9 Å². The maximum absolute atomic E-state index is 12.4. The van der Waals surface area contributed by atoms with Gasteiger partial charge in [0.2, 0.25) is 5.91 Å². The summed E-state index contributed by atoms with van der Waals surface area (Å²) in [5, 5.41) is 3.06. The van der Waals surface area contributed by atoms with Crippen LogP contribution in [-0.2, 0) is 9.53 Å². The van der Waals surface area contributed by atoms with Gasteiger partial charge < -0.3 is 19.7 Å². The van der Waals surface area contributed by atoms with Gasteiger partial charge in [0.25, 0.3) is 5.91 Å². The molecule has 1 aromatic rings. The summed E-state index contributed by atoms with van der Waals surface area (Å²) in [7, 11) is 3.26. The highest BCUT2D eigenvalue weighted by molar-refractivity contribution is 5.94. The fourth-order valence-electron chi connectivity index (χ4n) is 4.48. The fraction of sp³-hybridized carbons (Fsp3) is 0.600. The average molecular weight is 360 g/mol. The summed E-state index contributed by atoms with van der Waals surface area (Å²) in [5.41, 5.74) is 0.622. The normalized spacial score (nSPS) is 27.5. The highest BCUT2D eigenvalue weighted by Gasteiger charge is 2.50. The van der Waals surface area contributed by atoms with Gasteiger partial charge in [0.1, 0.15) is 5.75 Å². The van der Waals surface area contributed by atoms with Crippen molar-refractivity contribution >= 4 is 11.8 Å². The molecule has 6 heteroatoms. The van der Waals surface area contributed by atoms with Crippen LogP contribution in [0.3, 0.4) is 0 Å². The number of nitrogens with zero attached hydrogens (tertiary/aromatic N) is 1. The lowest BCUT2D eigenvalue weighted by molar-refractivity contribution is -0.129. The number of nitrogens with one attached hydrogen (secondary N) is 1. The number of hydrogen-bond donors (Lipinski definition) is 1. The molecular weight excluding hydrogens is 332 g/mol. The van der Waals surface area contributed by atoms with E-state index in [1.807, 2.05) is 4.90 Å². The maximum Gasteiger partial charge on any atom is 0.251 e. The van der Waals surface area contributed by atoms with Crippen LogP contribution in [0.25, 0.3) is 0 Å². The largest absolute Gasteiger partial charge is 0.497 e. The highest BCUT2D eigenvalue weighted by Crippen LogP contribution is 2.45. The summed E-state index contributed by atoms with van der Waals surface area (Å²) < 4.78 is 10.3. The molecule has 1 N–H and O–H groups in total. The van der Waals surface area contributed by atoms with Crippen LogP contribution < -0.4 is 10.1 Å². The van der Waals surface area contributed by atoms with E-state index in [2.05, 4.69) is 12.2 Å². The van der Waals surface area contributed by atoms with Crippen LogP contribution in [-0.4, -0.2) is 56.7 Å². The predicted octanol–water partition coefficient (Wildman–Crippen LogP) is 1.94. The number of carbonyl (C=O) groups is 2. The Morgan fingerprint density at radius 2 is 2.00 bits per heavy atom. The number of likely N-dealkylation sites (tertiary alicyclic amines) is 1. The Bertz CT molecular complexity index is 646. The molecule has 1 aliphatic heterocycles. The van der Waals surface area contributed by atoms with Crippen LogP contribution in [0.1, 0.15) is 30.1 Å². The Morgan fingerprint density at radius 3 is 2.65 bits per heavy atom. The van der Waals surface area contributed by atoms with Gasteiger partial charge in [-0.2, -0.15) is 0 Å². The van der Waals surface area contributed by atoms with Crippen molar-refractivity contribution in [2.24, 2.45) is 17.8 Å². The second-order valence-corrected chi connectivity index (χ2v) is 7.33. The molecule has 1 heterocycles. The molecule has 0 bridgehead atoms. The minimum Gasteiger partial charge on any atom is -0.497 e. The Morgan fingerprint density at radius 1 is 1.27 bits per heavy atom. The van der Waals surface area contributed by atoms with Gasteiger partial charge in [-0.05, 0) is 48.4 Å². The van der Waals surface area contributed by atoms with Crippen LogP contribution in [0.15, 0.2) is 24.3 Å². The van der Waals surface area contributed by atoms with Crippen LogP contribution in [0.2, 0.25) is 0 Å². The van der Waals surface area contributed by atoms with Crippen LogP contribution in [0.5, 0.6) is 5.75 Å². The zero-order chi connectivity index (χ0) is 18.7. The molecule has 142 valence electrons. The number of amides is 2.